The van der Waals surface area contributed by atoms with E-state index in [1.54, 1.807) is 12.1 Å². The molecule has 0 radical (unpaired) electrons. The highest BCUT2D eigenvalue weighted by molar-refractivity contribution is 5.95. The minimum atomic E-state index is -0.549. The number of nitrogens with two attached hydrogens (primary N) is 1. The smallest absolute Gasteiger partial charge is 0.258 e. The van der Waals surface area contributed by atoms with Crippen LogP contribution >= 0.6 is 0 Å². The summed E-state index contributed by atoms with van der Waals surface area (Å²) < 4.78 is 5.65. The van der Waals surface area contributed by atoms with Gasteiger partial charge in [0.1, 0.15) is 5.75 Å². The predicted octanol–water partition coefficient (Wildman–Crippen LogP) is 3.19. The largest absolute Gasteiger partial charge is 0.483 e. The molecule has 5 rings (SSSR count). The lowest BCUT2D eigenvalue weighted by Gasteiger charge is -2.59. The van der Waals surface area contributed by atoms with Gasteiger partial charge in [-0.2, -0.15) is 0 Å². The first kappa shape index (κ1) is 18.3. The maximum Gasteiger partial charge on any atom is 0.258 e. The molecular weight excluding hydrogens is 340 g/mol. The monoisotopic (exact) mass is 370 g/mol. The van der Waals surface area contributed by atoms with E-state index in [9.17, 15) is 9.59 Å². The maximum absolute atomic E-state index is 12.5. The maximum atomic E-state index is 12.5. The Balaban J connectivity index is 1.38. The average molecular weight is 370 g/mol. The number of primary amides is 1. The van der Waals surface area contributed by atoms with Crippen molar-refractivity contribution in [1.82, 2.24) is 5.32 Å². The number of hydrogen-bond acceptors (Lipinski definition) is 3. The highest BCUT2D eigenvalue weighted by atomic mass is 16.5. The molecule has 146 valence electrons. The number of amides is 2. The number of ether oxygens (including phenoxy) is 1. The Hall–Kier alpha value is -2.04. The van der Waals surface area contributed by atoms with Crippen molar-refractivity contribution in [2.45, 2.75) is 58.4 Å². The molecule has 0 aromatic heterocycles. The van der Waals surface area contributed by atoms with E-state index in [0.717, 1.165) is 23.3 Å². The van der Waals surface area contributed by atoms with Crippen LogP contribution in [0.25, 0.3) is 0 Å². The molecule has 0 unspecified atom stereocenters. The molecule has 4 bridgehead atoms. The predicted molar refractivity (Wildman–Crippen MR) is 103 cm³/mol. The Kier molecular flexibility index (Phi) is 4.65. The molecule has 0 saturated heterocycles. The van der Waals surface area contributed by atoms with E-state index in [1.165, 1.54) is 38.5 Å². The first-order valence-electron chi connectivity index (χ1n) is 10.2. The first-order chi connectivity index (χ1) is 12.8. The van der Waals surface area contributed by atoms with Gasteiger partial charge in [0.2, 0.25) is 0 Å². The molecule has 1 atom stereocenters. The lowest BCUT2D eigenvalue weighted by atomic mass is 9.48. The second kappa shape index (κ2) is 6.84. The number of nitrogens with one attached hydrogen (secondary N) is 1. The van der Waals surface area contributed by atoms with Gasteiger partial charge in [-0.25, -0.2) is 0 Å². The van der Waals surface area contributed by atoms with Gasteiger partial charge in [-0.1, -0.05) is 6.07 Å². The SMILES string of the molecule is Cc1ccc(C(N)=O)c(OCC(=O)N[C@@H](C)C23CC4CC(CC(C4)C2)C3)c1. The summed E-state index contributed by atoms with van der Waals surface area (Å²) in [5.41, 5.74) is 6.94. The highest BCUT2D eigenvalue weighted by Gasteiger charge is 2.53. The second-order valence-electron chi connectivity index (χ2n) is 9.22. The molecular formula is C22H30N2O3. The third-order valence-corrected chi connectivity index (χ3v) is 7.14. The van der Waals surface area contributed by atoms with Crippen molar-refractivity contribution >= 4 is 11.8 Å². The summed E-state index contributed by atoms with van der Waals surface area (Å²) in [6, 6.07) is 5.36. The first-order valence-corrected chi connectivity index (χ1v) is 10.2. The zero-order chi connectivity index (χ0) is 19.2. The summed E-state index contributed by atoms with van der Waals surface area (Å²) in [5, 5.41) is 3.19. The number of carbonyl (C=O) groups excluding carboxylic acids is 2. The molecule has 5 nitrogen and oxygen atoms in total. The van der Waals surface area contributed by atoms with Crippen LogP contribution in [0, 0.1) is 30.1 Å². The van der Waals surface area contributed by atoms with Gasteiger partial charge in [-0.3, -0.25) is 9.59 Å². The molecule has 0 spiro atoms. The van der Waals surface area contributed by atoms with Gasteiger partial charge in [0.05, 0.1) is 5.56 Å². The van der Waals surface area contributed by atoms with Crippen LogP contribution in [0.1, 0.15) is 61.4 Å². The van der Waals surface area contributed by atoms with Crippen molar-refractivity contribution in [3.05, 3.63) is 29.3 Å². The van der Waals surface area contributed by atoms with E-state index in [4.69, 9.17) is 10.5 Å². The third-order valence-electron chi connectivity index (χ3n) is 7.14. The van der Waals surface area contributed by atoms with E-state index >= 15 is 0 Å². The molecule has 1 aromatic rings. The average Bonchev–Trinajstić information content (AvgIpc) is 2.58. The Bertz CT molecular complexity index is 723. The summed E-state index contributed by atoms with van der Waals surface area (Å²) in [7, 11) is 0. The van der Waals surface area contributed by atoms with Crippen LogP contribution in [0.3, 0.4) is 0 Å². The fourth-order valence-electron chi connectivity index (χ4n) is 6.24. The molecule has 2 amide bonds. The summed E-state index contributed by atoms with van der Waals surface area (Å²) in [4.78, 5) is 24.1. The zero-order valence-corrected chi connectivity index (χ0v) is 16.3. The zero-order valence-electron chi connectivity index (χ0n) is 16.3. The van der Waals surface area contributed by atoms with E-state index in [0.29, 0.717) is 11.3 Å². The molecule has 4 saturated carbocycles. The lowest BCUT2D eigenvalue weighted by Crippen LogP contribution is -2.56. The third kappa shape index (κ3) is 3.56. The topological polar surface area (TPSA) is 81.4 Å². The fourth-order valence-corrected chi connectivity index (χ4v) is 6.24. The van der Waals surface area contributed by atoms with E-state index < -0.39 is 5.91 Å². The molecule has 1 aromatic carbocycles. The van der Waals surface area contributed by atoms with Crippen molar-refractivity contribution in [2.75, 3.05) is 6.61 Å². The van der Waals surface area contributed by atoms with Crippen LogP contribution in [-0.4, -0.2) is 24.5 Å². The van der Waals surface area contributed by atoms with Crippen LogP contribution in [0.15, 0.2) is 18.2 Å². The summed E-state index contributed by atoms with van der Waals surface area (Å²) in [5.74, 6) is 2.27. The van der Waals surface area contributed by atoms with Gasteiger partial charge in [0.15, 0.2) is 6.61 Å². The number of rotatable bonds is 6. The van der Waals surface area contributed by atoms with Crippen LogP contribution in [0.4, 0.5) is 0 Å². The molecule has 0 aliphatic heterocycles. The molecule has 5 heteroatoms. The van der Waals surface area contributed by atoms with Gasteiger partial charge >= 0.3 is 0 Å². The van der Waals surface area contributed by atoms with E-state index in [2.05, 4.69) is 12.2 Å². The van der Waals surface area contributed by atoms with Crippen molar-refractivity contribution in [3.8, 4) is 5.75 Å². The number of carbonyl (C=O) groups is 2. The number of aryl methyl sites for hydroxylation is 1. The van der Waals surface area contributed by atoms with Crippen LogP contribution in [0.2, 0.25) is 0 Å². The van der Waals surface area contributed by atoms with Gasteiger partial charge in [0, 0.05) is 6.04 Å². The van der Waals surface area contributed by atoms with E-state index in [-0.39, 0.29) is 24.0 Å². The summed E-state index contributed by atoms with van der Waals surface area (Å²) >= 11 is 0. The molecule has 4 aliphatic carbocycles. The van der Waals surface area contributed by atoms with Crippen molar-refractivity contribution in [3.63, 3.8) is 0 Å². The normalized spacial score (nSPS) is 32.1. The standard InChI is InChI=1S/C22H30N2O3/c1-13-3-4-18(21(23)26)19(5-13)27-12-20(25)24-14(2)22-9-15-6-16(10-22)8-17(7-15)11-22/h3-5,14-17H,6-12H2,1-2H3,(H2,23,26)(H,24,25)/t14-,15?,16?,17?,22?/m0/s1. The number of hydrogen-bond donors (Lipinski definition) is 2. The minimum Gasteiger partial charge on any atom is -0.483 e. The lowest BCUT2D eigenvalue weighted by molar-refractivity contribution is -0.127. The van der Waals surface area contributed by atoms with Crippen LogP contribution < -0.4 is 15.8 Å². The molecule has 0 heterocycles. The Morgan fingerprint density at radius 2 is 1.78 bits per heavy atom. The summed E-state index contributed by atoms with van der Waals surface area (Å²) in [6.45, 7) is 3.97. The van der Waals surface area contributed by atoms with Crippen LogP contribution in [0.5, 0.6) is 5.75 Å². The van der Waals surface area contributed by atoms with Gasteiger partial charge < -0.3 is 15.8 Å². The number of benzene rings is 1. The molecule has 27 heavy (non-hydrogen) atoms. The molecule has 3 N–H and O–H groups in total. The van der Waals surface area contributed by atoms with Gasteiger partial charge in [-0.15, -0.1) is 0 Å². The quantitative estimate of drug-likeness (QED) is 0.807. The fraction of sp³-hybridized carbons (Fsp3) is 0.636. The molecule has 4 fully saturated rings. The Labute approximate surface area is 161 Å². The van der Waals surface area contributed by atoms with Crippen molar-refractivity contribution in [2.24, 2.45) is 28.9 Å². The Morgan fingerprint density at radius 1 is 1.19 bits per heavy atom. The van der Waals surface area contributed by atoms with E-state index in [1.807, 2.05) is 13.0 Å². The van der Waals surface area contributed by atoms with Gasteiger partial charge in [-0.05, 0) is 93.2 Å². The Morgan fingerprint density at radius 3 is 2.33 bits per heavy atom. The highest BCUT2D eigenvalue weighted by Crippen LogP contribution is 2.61. The molecule has 4 aliphatic rings. The van der Waals surface area contributed by atoms with Crippen molar-refractivity contribution < 1.29 is 14.3 Å². The summed E-state index contributed by atoms with van der Waals surface area (Å²) in [6.07, 6.45) is 7.95. The van der Waals surface area contributed by atoms with Crippen molar-refractivity contribution in [1.29, 1.82) is 0 Å². The minimum absolute atomic E-state index is 0.0968. The van der Waals surface area contributed by atoms with Crippen LogP contribution in [-0.2, 0) is 4.79 Å². The second-order valence-corrected chi connectivity index (χ2v) is 9.22. The van der Waals surface area contributed by atoms with Gasteiger partial charge in [0.25, 0.3) is 11.8 Å².